The lowest BCUT2D eigenvalue weighted by molar-refractivity contribution is -0.359. The number of nitrogens with one attached hydrogen (secondary N) is 1. The Hall–Kier alpha value is -2.05. The predicted octanol–water partition coefficient (Wildman–Crippen LogP) is 9.22. The number of hydrogen-bond donors (Lipinski definition) is 9. The lowest BCUT2D eigenvalue weighted by Crippen LogP contribution is -2.65. The quantitative estimate of drug-likeness (QED) is 0.0205. The number of carbonyl (C=O) groups excluding carboxylic acids is 1. The van der Waals surface area contributed by atoms with Crippen LogP contribution in [0.25, 0.3) is 0 Å². The number of aliphatic hydroxyl groups excluding tert-OH is 8. The minimum absolute atomic E-state index is 0.250. The van der Waals surface area contributed by atoms with E-state index < -0.39 is 86.8 Å². The van der Waals surface area contributed by atoms with E-state index in [2.05, 4.69) is 48.7 Å². The lowest BCUT2D eigenvalue weighted by Gasteiger charge is -2.46. The summed E-state index contributed by atoms with van der Waals surface area (Å²) in [5.74, 6) is -0.250. The van der Waals surface area contributed by atoms with Crippen LogP contribution in [0.2, 0.25) is 0 Å². The molecule has 2 saturated heterocycles. The fourth-order valence-electron chi connectivity index (χ4n) is 9.31. The molecule has 0 aromatic rings. The maximum absolute atomic E-state index is 13.0. The zero-order valence-corrected chi connectivity index (χ0v) is 44.9. The van der Waals surface area contributed by atoms with E-state index in [1.165, 1.54) is 148 Å². The van der Waals surface area contributed by atoms with E-state index >= 15 is 0 Å². The second-order valence-electron chi connectivity index (χ2n) is 20.4. The van der Waals surface area contributed by atoms with Crippen molar-refractivity contribution < 1.29 is 64.6 Å². The van der Waals surface area contributed by atoms with Gasteiger partial charge in [-0.1, -0.05) is 210 Å². The average Bonchev–Trinajstić information content (AvgIpc) is 3.38. The van der Waals surface area contributed by atoms with Gasteiger partial charge in [0.2, 0.25) is 5.91 Å². The highest BCUT2D eigenvalue weighted by atomic mass is 16.7. The molecule has 420 valence electrons. The van der Waals surface area contributed by atoms with Crippen molar-refractivity contribution in [1.29, 1.82) is 0 Å². The monoisotopic (exact) mass is 1020 g/mol. The first-order valence-corrected chi connectivity index (χ1v) is 28.9. The predicted molar refractivity (Wildman–Crippen MR) is 286 cm³/mol. The van der Waals surface area contributed by atoms with Crippen molar-refractivity contribution in [1.82, 2.24) is 5.32 Å². The van der Waals surface area contributed by atoms with E-state index in [0.29, 0.717) is 6.42 Å². The fraction of sp³-hybridized carbons (Fsp3) is 0.845. The van der Waals surface area contributed by atoms with Gasteiger partial charge in [0.1, 0.15) is 48.8 Å². The first kappa shape index (κ1) is 66.1. The molecule has 0 aromatic carbocycles. The normalized spacial score (nSPS) is 25.9. The lowest BCUT2D eigenvalue weighted by atomic mass is 9.97. The number of ether oxygens (including phenoxy) is 4. The highest BCUT2D eigenvalue weighted by Crippen LogP contribution is 2.30. The Morgan fingerprint density at radius 3 is 1.43 bits per heavy atom. The van der Waals surface area contributed by atoms with E-state index in [0.717, 1.165) is 44.9 Å². The van der Waals surface area contributed by atoms with Gasteiger partial charge in [0.25, 0.3) is 0 Å². The van der Waals surface area contributed by atoms with Crippen molar-refractivity contribution in [3.63, 3.8) is 0 Å². The highest BCUT2D eigenvalue weighted by Gasteiger charge is 2.51. The number of carbonyl (C=O) groups is 1. The minimum atomic E-state index is -1.79. The van der Waals surface area contributed by atoms with Crippen molar-refractivity contribution in [2.75, 3.05) is 19.8 Å². The van der Waals surface area contributed by atoms with Gasteiger partial charge in [-0.2, -0.15) is 0 Å². The summed E-state index contributed by atoms with van der Waals surface area (Å²) in [7, 11) is 0. The number of amides is 1. The molecule has 2 aliphatic heterocycles. The molecule has 0 radical (unpaired) electrons. The van der Waals surface area contributed by atoms with Gasteiger partial charge in [-0.25, -0.2) is 0 Å². The number of aliphatic hydroxyl groups is 8. The maximum Gasteiger partial charge on any atom is 0.220 e. The second kappa shape index (κ2) is 44.1. The van der Waals surface area contributed by atoms with Gasteiger partial charge in [-0.15, -0.1) is 0 Å². The summed E-state index contributed by atoms with van der Waals surface area (Å²) in [5, 5.41) is 86.0. The van der Waals surface area contributed by atoms with E-state index in [9.17, 15) is 45.6 Å². The summed E-state index contributed by atoms with van der Waals surface area (Å²) < 4.78 is 22.5. The first-order chi connectivity index (χ1) is 35.1. The third-order valence-electron chi connectivity index (χ3n) is 14.0. The fourth-order valence-corrected chi connectivity index (χ4v) is 9.31. The molecule has 72 heavy (non-hydrogen) atoms. The van der Waals surface area contributed by atoms with Crippen molar-refractivity contribution in [2.24, 2.45) is 0 Å². The molecule has 0 bridgehead atoms. The zero-order valence-electron chi connectivity index (χ0n) is 44.9. The van der Waals surface area contributed by atoms with Crippen LogP contribution in [0.15, 0.2) is 48.6 Å². The van der Waals surface area contributed by atoms with Gasteiger partial charge in [-0.05, 0) is 51.4 Å². The van der Waals surface area contributed by atoms with E-state index in [-0.39, 0.29) is 18.9 Å². The smallest absolute Gasteiger partial charge is 0.220 e. The standard InChI is InChI=1S/C58H105NO13/c1-3-5-7-8-9-10-11-12-13-14-15-16-17-18-19-20-21-22-23-24-25-26-27-28-29-30-31-32-33-34-35-36-37-38-40-42-50(63)59-46(47(62)41-39-6-4-2)45-69-57-55(68)53(66)56(49(44-61)71-57)72-58-54(67)52(65)51(64)48(43-60)70-58/h11-12,14-15,17-18,39,41,46-49,51-58,60-62,64-68H,3-10,13,16,19-38,40,42-45H2,1-2H3,(H,59,63)/b12-11-,15-14-,18-17-,41-39+. The van der Waals surface area contributed by atoms with Gasteiger partial charge in [0.05, 0.1) is 32.0 Å². The molecule has 1 amide bonds. The molecule has 14 nitrogen and oxygen atoms in total. The Morgan fingerprint density at radius 1 is 0.500 bits per heavy atom. The summed E-state index contributed by atoms with van der Waals surface area (Å²) in [4.78, 5) is 13.0. The molecule has 0 aliphatic carbocycles. The van der Waals surface area contributed by atoms with Crippen molar-refractivity contribution in [3.8, 4) is 0 Å². The summed E-state index contributed by atoms with van der Waals surface area (Å²) in [6.07, 6.45) is 38.8. The van der Waals surface area contributed by atoms with E-state index in [1.807, 2.05) is 13.0 Å². The van der Waals surface area contributed by atoms with Crippen LogP contribution in [0.5, 0.6) is 0 Å². The average molecular weight is 1020 g/mol. The second-order valence-corrected chi connectivity index (χ2v) is 20.4. The minimum Gasteiger partial charge on any atom is -0.394 e. The molecule has 2 fully saturated rings. The van der Waals surface area contributed by atoms with Crippen LogP contribution in [-0.4, -0.2) is 140 Å². The van der Waals surface area contributed by atoms with Gasteiger partial charge in [-0.3, -0.25) is 4.79 Å². The summed E-state index contributed by atoms with van der Waals surface area (Å²) in [6, 6.07) is -0.909. The molecule has 0 saturated carbocycles. The molecule has 2 rings (SSSR count). The van der Waals surface area contributed by atoms with Crippen LogP contribution in [-0.2, 0) is 23.7 Å². The molecule has 9 N–H and O–H groups in total. The maximum atomic E-state index is 13.0. The van der Waals surface area contributed by atoms with Crippen molar-refractivity contribution >= 4 is 5.91 Å². The van der Waals surface area contributed by atoms with Crippen LogP contribution in [0.4, 0.5) is 0 Å². The van der Waals surface area contributed by atoms with E-state index in [1.54, 1.807) is 6.08 Å². The van der Waals surface area contributed by atoms with E-state index in [4.69, 9.17) is 18.9 Å². The van der Waals surface area contributed by atoms with Crippen molar-refractivity contribution in [2.45, 2.75) is 293 Å². The topological polar surface area (TPSA) is 228 Å². The Labute approximate surface area is 435 Å². The highest BCUT2D eigenvalue weighted by molar-refractivity contribution is 5.76. The Balaban J connectivity index is 1.48. The number of allylic oxidation sites excluding steroid dienone is 7. The molecule has 0 spiro atoms. The summed E-state index contributed by atoms with van der Waals surface area (Å²) in [6.45, 7) is 2.55. The van der Waals surface area contributed by atoms with Crippen LogP contribution >= 0.6 is 0 Å². The number of hydrogen-bond acceptors (Lipinski definition) is 13. The third-order valence-corrected chi connectivity index (χ3v) is 14.0. The van der Waals surface area contributed by atoms with Gasteiger partial charge in [0, 0.05) is 6.42 Å². The van der Waals surface area contributed by atoms with Crippen molar-refractivity contribution in [3.05, 3.63) is 48.6 Å². The molecular weight excluding hydrogens is 919 g/mol. The molecular formula is C58H105NO13. The molecule has 0 aromatic heterocycles. The third kappa shape index (κ3) is 29.9. The molecule has 2 aliphatic rings. The Bertz CT molecular complexity index is 1390. The molecule has 14 heteroatoms. The van der Waals surface area contributed by atoms with Gasteiger partial charge < -0.3 is 65.1 Å². The van der Waals surface area contributed by atoms with Crippen LogP contribution < -0.4 is 5.32 Å². The number of unbranched alkanes of at least 4 members (excludes halogenated alkanes) is 26. The van der Waals surface area contributed by atoms with Gasteiger partial charge in [0.15, 0.2) is 12.6 Å². The molecule has 12 unspecified atom stereocenters. The Morgan fingerprint density at radius 2 is 0.944 bits per heavy atom. The zero-order chi connectivity index (χ0) is 52.4. The van der Waals surface area contributed by atoms with Gasteiger partial charge >= 0.3 is 0 Å². The molecule has 12 atom stereocenters. The van der Waals surface area contributed by atoms with Crippen LogP contribution in [0.3, 0.4) is 0 Å². The van der Waals surface area contributed by atoms with Crippen LogP contribution in [0, 0.1) is 0 Å². The molecule has 2 heterocycles. The Kier molecular flexibility index (Phi) is 40.5. The van der Waals surface area contributed by atoms with Crippen LogP contribution in [0.1, 0.15) is 219 Å². The first-order valence-electron chi connectivity index (χ1n) is 28.9. The SMILES string of the molecule is CCC/C=C/C(O)C(COC1OC(CO)C(OC2OC(CO)C(O)C(O)C2O)C(O)C1O)NC(=O)CCCCCCCCCCCCCCCCCCCCCC/C=C\C/C=C\C/C=C\CCCCCCC. The summed E-state index contributed by atoms with van der Waals surface area (Å²) in [5.41, 5.74) is 0. The largest absolute Gasteiger partial charge is 0.394 e. The number of rotatable bonds is 45. The summed E-state index contributed by atoms with van der Waals surface area (Å²) >= 11 is 0.